The molecule has 20 heavy (non-hydrogen) atoms. The molecular formula is C15H19N3O2. The zero-order valence-electron chi connectivity index (χ0n) is 11.6. The maximum Gasteiger partial charge on any atom is 0.304 e. The van der Waals surface area contributed by atoms with E-state index in [9.17, 15) is 4.79 Å². The first kappa shape index (κ1) is 14.3. The number of carboxylic acid groups (broad SMARTS) is 1. The Bertz CT molecular complexity index is 535. The van der Waals surface area contributed by atoms with E-state index in [-0.39, 0.29) is 6.42 Å². The normalized spacial score (nSPS) is 10.9. The van der Waals surface area contributed by atoms with Crippen molar-refractivity contribution >= 4 is 5.97 Å². The summed E-state index contributed by atoms with van der Waals surface area (Å²) in [5.74, 6) is -0.752. The van der Waals surface area contributed by atoms with Crippen molar-refractivity contribution in [3.05, 3.63) is 48.3 Å². The van der Waals surface area contributed by atoms with Crippen molar-refractivity contribution in [2.24, 2.45) is 0 Å². The Morgan fingerprint density at radius 3 is 2.65 bits per heavy atom. The minimum Gasteiger partial charge on any atom is -0.481 e. The molecule has 0 saturated carbocycles. The fraction of sp³-hybridized carbons (Fsp3) is 0.333. The van der Waals surface area contributed by atoms with E-state index in [1.165, 1.54) is 5.56 Å². The predicted molar refractivity (Wildman–Crippen MR) is 76.8 cm³/mol. The van der Waals surface area contributed by atoms with Gasteiger partial charge in [0.25, 0.3) is 0 Å². The molecule has 1 aromatic carbocycles. The summed E-state index contributed by atoms with van der Waals surface area (Å²) >= 11 is 0. The van der Waals surface area contributed by atoms with E-state index in [0.29, 0.717) is 6.54 Å². The SMILES string of the molecule is CCN(CCC(=O)O)Cc1ccc(-n2cccn2)cc1. The van der Waals surface area contributed by atoms with Crippen LogP contribution in [0, 0.1) is 0 Å². The van der Waals surface area contributed by atoms with E-state index in [1.54, 1.807) is 6.20 Å². The van der Waals surface area contributed by atoms with E-state index < -0.39 is 5.97 Å². The highest BCUT2D eigenvalue weighted by molar-refractivity contribution is 5.66. The van der Waals surface area contributed by atoms with Gasteiger partial charge in [-0.15, -0.1) is 0 Å². The van der Waals surface area contributed by atoms with Gasteiger partial charge < -0.3 is 5.11 Å². The van der Waals surface area contributed by atoms with Gasteiger partial charge in [-0.25, -0.2) is 4.68 Å². The Balaban J connectivity index is 1.97. The van der Waals surface area contributed by atoms with Gasteiger partial charge in [-0.05, 0) is 30.3 Å². The van der Waals surface area contributed by atoms with Crippen LogP contribution >= 0.6 is 0 Å². The van der Waals surface area contributed by atoms with Crippen molar-refractivity contribution in [3.8, 4) is 5.69 Å². The number of hydrogen-bond acceptors (Lipinski definition) is 3. The van der Waals surface area contributed by atoms with E-state index in [4.69, 9.17) is 5.11 Å². The Morgan fingerprint density at radius 2 is 2.10 bits per heavy atom. The average Bonchev–Trinajstić information content (AvgIpc) is 2.98. The van der Waals surface area contributed by atoms with Crippen molar-refractivity contribution in [1.82, 2.24) is 14.7 Å². The third kappa shape index (κ3) is 3.93. The van der Waals surface area contributed by atoms with Gasteiger partial charge >= 0.3 is 5.97 Å². The summed E-state index contributed by atoms with van der Waals surface area (Å²) in [6.07, 6.45) is 3.83. The molecule has 0 radical (unpaired) electrons. The second kappa shape index (κ2) is 6.86. The molecule has 1 N–H and O–H groups in total. The van der Waals surface area contributed by atoms with Gasteiger partial charge in [-0.2, -0.15) is 5.10 Å². The van der Waals surface area contributed by atoms with Gasteiger partial charge in [-0.1, -0.05) is 19.1 Å². The predicted octanol–water partition coefficient (Wildman–Crippen LogP) is 2.17. The van der Waals surface area contributed by atoms with Crippen LogP contribution in [-0.4, -0.2) is 38.8 Å². The van der Waals surface area contributed by atoms with Crippen LogP contribution in [-0.2, 0) is 11.3 Å². The maximum absolute atomic E-state index is 10.6. The van der Waals surface area contributed by atoms with Crippen LogP contribution < -0.4 is 0 Å². The summed E-state index contributed by atoms with van der Waals surface area (Å²) in [5.41, 5.74) is 2.19. The highest BCUT2D eigenvalue weighted by Crippen LogP contribution is 2.11. The van der Waals surface area contributed by atoms with E-state index >= 15 is 0 Å². The molecule has 0 unspecified atom stereocenters. The lowest BCUT2D eigenvalue weighted by Crippen LogP contribution is -2.25. The molecule has 106 valence electrons. The second-order valence-corrected chi connectivity index (χ2v) is 4.63. The molecule has 0 amide bonds. The number of carboxylic acids is 1. The zero-order valence-corrected chi connectivity index (χ0v) is 11.6. The van der Waals surface area contributed by atoms with Crippen LogP contribution in [0.1, 0.15) is 18.9 Å². The molecule has 1 aromatic heterocycles. The zero-order chi connectivity index (χ0) is 14.4. The number of aromatic nitrogens is 2. The summed E-state index contributed by atoms with van der Waals surface area (Å²) in [6, 6.07) is 10.0. The van der Waals surface area contributed by atoms with Crippen molar-refractivity contribution in [2.45, 2.75) is 19.9 Å². The molecule has 0 aliphatic rings. The third-order valence-corrected chi connectivity index (χ3v) is 3.20. The van der Waals surface area contributed by atoms with E-state index in [1.807, 2.05) is 36.0 Å². The lowest BCUT2D eigenvalue weighted by molar-refractivity contribution is -0.137. The number of aliphatic carboxylic acids is 1. The fourth-order valence-electron chi connectivity index (χ4n) is 2.04. The van der Waals surface area contributed by atoms with E-state index in [0.717, 1.165) is 18.8 Å². The van der Waals surface area contributed by atoms with Crippen molar-refractivity contribution in [3.63, 3.8) is 0 Å². The van der Waals surface area contributed by atoms with Crippen molar-refractivity contribution < 1.29 is 9.90 Å². The minimum absolute atomic E-state index is 0.180. The first-order valence-corrected chi connectivity index (χ1v) is 6.72. The molecule has 5 nitrogen and oxygen atoms in total. The number of carbonyl (C=O) groups is 1. The summed E-state index contributed by atoms with van der Waals surface area (Å²) in [7, 11) is 0. The number of hydrogen-bond donors (Lipinski definition) is 1. The van der Waals surface area contributed by atoms with Crippen molar-refractivity contribution in [1.29, 1.82) is 0 Å². The molecule has 2 rings (SSSR count). The van der Waals surface area contributed by atoms with Gasteiger partial charge in [0, 0.05) is 25.5 Å². The topological polar surface area (TPSA) is 58.4 Å². The largest absolute Gasteiger partial charge is 0.481 e. The third-order valence-electron chi connectivity index (χ3n) is 3.20. The molecule has 0 bridgehead atoms. The van der Waals surface area contributed by atoms with Gasteiger partial charge in [0.15, 0.2) is 0 Å². The van der Waals surface area contributed by atoms with Crippen LogP contribution in [0.4, 0.5) is 0 Å². The number of benzene rings is 1. The van der Waals surface area contributed by atoms with Gasteiger partial charge in [0.2, 0.25) is 0 Å². The Hall–Kier alpha value is -2.14. The number of rotatable bonds is 7. The highest BCUT2D eigenvalue weighted by Gasteiger charge is 2.06. The molecule has 0 fully saturated rings. The van der Waals surface area contributed by atoms with Gasteiger partial charge in [0.05, 0.1) is 12.1 Å². The van der Waals surface area contributed by atoms with Crippen LogP contribution in [0.5, 0.6) is 0 Å². The Morgan fingerprint density at radius 1 is 1.35 bits per heavy atom. The second-order valence-electron chi connectivity index (χ2n) is 4.63. The molecule has 0 spiro atoms. The van der Waals surface area contributed by atoms with Crippen LogP contribution in [0.3, 0.4) is 0 Å². The summed E-state index contributed by atoms with van der Waals surface area (Å²) in [4.78, 5) is 12.7. The number of nitrogens with zero attached hydrogens (tertiary/aromatic N) is 3. The standard InChI is InChI=1S/C15H19N3O2/c1-2-17(11-8-15(19)20)12-13-4-6-14(7-5-13)18-10-3-9-16-18/h3-7,9-10H,2,8,11-12H2,1H3,(H,19,20). The molecule has 0 saturated heterocycles. The van der Waals surface area contributed by atoms with Gasteiger partial charge in [0.1, 0.15) is 0 Å². The molecule has 1 heterocycles. The van der Waals surface area contributed by atoms with Gasteiger partial charge in [-0.3, -0.25) is 9.69 Å². The highest BCUT2D eigenvalue weighted by atomic mass is 16.4. The summed E-state index contributed by atoms with van der Waals surface area (Å²) in [6.45, 7) is 4.23. The van der Waals surface area contributed by atoms with Crippen LogP contribution in [0.25, 0.3) is 5.69 Å². The molecule has 0 aliphatic carbocycles. The first-order valence-electron chi connectivity index (χ1n) is 6.72. The quantitative estimate of drug-likeness (QED) is 0.840. The van der Waals surface area contributed by atoms with Crippen LogP contribution in [0.15, 0.2) is 42.7 Å². The molecule has 0 atom stereocenters. The molecule has 2 aromatic rings. The Labute approximate surface area is 118 Å². The van der Waals surface area contributed by atoms with Crippen molar-refractivity contribution in [2.75, 3.05) is 13.1 Å². The lowest BCUT2D eigenvalue weighted by Gasteiger charge is -2.19. The monoisotopic (exact) mass is 273 g/mol. The summed E-state index contributed by atoms with van der Waals surface area (Å²) < 4.78 is 1.81. The lowest BCUT2D eigenvalue weighted by atomic mass is 10.2. The van der Waals surface area contributed by atoms with E-state index in [2.05, 4.69) is 22.1 Å². The summed E-state index contributed by atoms with van der Waals surface area (Å²) in [5, 5.41) is 12.9. The maximum atomic E-state index is 10.6. The smallest absolute Gasteiger partial charge is 0.304 e. The Kier molecular flexibility index (Phi) is 4.90. The van der Waals surface area contributed by atoms with Crippen LogP contribution in [0.2, 0.25) is 0 Å². The fourth-order valence-corrected chi connectivity index (χ4v) is 2.04. The first-order chi connectivity index (χ1) is 9.69. The average molecular weight is 273 g/mol. The molecule has 5 heteroatoms. The minimum atomic E-state index is -0.752. The molecule has 0 aliphatic heterocycles. The molecular weight excluding hydrogens is 254 g/mol.